The topological polar surface area (TPSA) is 120 Å². The quantitative estimate of drug-likeness (QED) is 0.285. The largest absolute Gasteiger partial charge is 0.466 e. The number of carbonyl (C=O) groups excluding carboxylic acids is 1. The molecular formula is C27H47N5O6Si2. The summed E-state index contributed by atoms with van der Waals surface area (Å²) in [6, 6.07) is 1.68. The molecule has 2 aromatic heterocycles. The minimum atomic E-state index is -2.37. The van der Waals surface area contributed by atoms with E-state index in [0.29, 0.717) is 5.82 Å². The van der Waals surface area contributed by atoms with Gasteiger partial charge in [-0.05, 0) is 49.3 Å². The van der Waals surface area contributed by atoms with Crippen LogP contribution in [0.2, 0.25) is 36.3 Å². The lowest BCUT2D eigenvalue weighted by Gasteiger charge is -2.41. The molecule has 40 heavy (non-hydrogen) atoms. The summed E-state index contributed by atoms with van der Waals surface area (Å²) in [5.74, 6) is -0.366. The Morgan fingerprint density at radius 3 is 2.25 bits per heavy atom. The molecule has 0 spiro atoms. The van der Waals surface area contributed by atoms with Crippen molar-refractivity contribution in [2.24, 2.45) is 5.92 Å². The summed E-state index contributed by atoms with van der Waals surface area (Å²) >= 11 is 0. The second-order valence-corrected chi connectivity index (χ2v) is 23.0. The third-order valence-electron chi connectivity index (χ3n) is 8.60. The van der Waals surface area contributed by atoms with E-state index in [4.69, 9.17) is 18.3 Å². The predicted octanol–water partition coefficient (Wildman–Crippen LogP) is 4.70. The number of carbonyl (C=O) groups is 1. The van der Waals surface area contributed by atoms with Gasteiger partial charge in [0.25, 0.3) is 0 Å². The molecule has 0 amide bonds. The van der Waals surface area contributed by atoms with Crippen molar-refractivity contribution in [2.75, 3.05) is 13.2 Å². The first kappa shape index (κ1) is 32.3. The van der Waals surface area contributed by atoms with Gasteiger partial charge in [0, 0.05) is 12.1 Å². The van der Waals surface area contributed by atoms with Crippen molar-refractivity contribution < 1.29 is 23.1 Å². The summed E-state index contributed by atoms with van der Waals surface area (Å²) in [7, 11) is -4.50. The maximum absolute atomic E-state index is 13.4. The first-order valence-corrected chi connectivity index (χ1v) is 19.8. The Hall–Kier alpha value is -2.20. The van der Waals surface area contributed by atoms with Crippen molar-refractivity contribution in [1.29, 1.82) is 0 Å². The van der Waals surface area contributed by atoms with E-state index < -0.39 is 40.8 Å². The number of hydrogen-bond donors (Lipinski definition) is 0. The Kier molecular flexibility index (Phi) is 9.66. The molecular weight excluding hydrogens is 546 g/mol. The van der Waals surface area contributed by atoms with E-state index in [1.54, 1.807) is 19.2 Å². The van der Waals surface area contributed by atoms with Gasteiger partial charge in [-0.25, -0.2) is 14.5 Å². The molecule has 1 aliphatic rings. The van der Waals surface area contributed by atoms with Crippen molar-refractivity contribution in [3.63, 3.8) is 0 Å². The highest BCUT2D eigenvalue weighted by molar-refractivity contribution is 6.74. The van der Waals surface area contributed by atoms with Gasteiger partial charge in [-0.2, -0.15) is 10.1 Å². The fourth-order valence-electron chi connectivity index (χ4n) is 4.05. The van der Waals surface area contributed by atoms with E-state index in [1.807, 2.05) is 0 Å². The molecule has 0 N–H and O–H groups in total. The van der Waals surface area contributed by atoms with Crippen molar-refractivity contribution in [3.8, 4) is 5.82 Å². The van der Waals surface area contributed by atoms with Crippen LogP contribution in [0.3, 0.4) is 0 Å². The smallest absolute Gasteiger partial charge is 0.351 e. The van der Waals surface area contributed by atoms with Crippen LogP contribution in [0.4, 0.5) is 0 Å². The maximum Gasteiger partial charge on any atom is 0.351 e. The van der Waals surface area contributed by atoms with Crippen LogP contribution in [0.1, 0.15) is 61.1 Å². The van der Waals surface area contributed by atoms with E-state index in [0.717, 1.165) is 0 Å². The Labute approximate surface area is 239 Å². The minimum Gasteiger partial charge on any atom is -0.466 e. The van der Waals surface area contributed by atoms with Gasteiger partial charge in [0.05, 0.1) is 31.8 Å². The van der Waals surface area contributed by atoms with Gasteiger partial charge in [-0.3, -0.25) is 9.36 Å². The maximum atomic E-state index is 13.4. The van der Waals surface area contributed by atoms with Crippen LogP contribution in [0.15, 0.2) is 29.7 Å². The Morgan fingerprint density at radius 2 is 1.73 bits per heavy atom. The molecule has 3 rings (SSSR count). The molecule has 224 valence electrons. The number of aromatic nitrogens is 5. The van der Waals surface area contributed by atoms with Crippen LogP contribution >= 0.6 is 0 Å². The van der Waals surface area contributed by atoms with Gasteiger partial charge in [0.2, 0.25) is 0 Å². The zero-order valence-electron chi connectivity index (χ0n) is 25.9. The van der Waals surface area contributed by atoms with E-state index in [-0.39, 0.29) is 41.6 Å². The Balaban J connectivity index is 2.06. The predicted molar refractivity (Wildman–Crippen MR) is 157 cm³/mol. The average molecular weight is 594 g/mol. The monoisotopic (exact) mass is 593 g/mol. The summed E-state index contributed by atoms with van der Waals surface area (Å²) in [6.07, 6.45) is 2.71. The van der Waals surface area contributed by atoms with Crippen LogP contribution < -0.4 is 5.69 Å². The highest BCUT2D eigenvalue weighted by Crippen LogP contribution is 2.45. The van der Waals surface area contributed by atoms with Gasteiger partial charge in [-0.1, -0.05) is 41.5 Å². The molecule has 1 saturated heterocycles. The molecule has 0 bridgehead atoms. The first-order valence-electron chi connectivity index (χ1n) is 13.9. The molecule has 13 heteroatoms. The molecule has 3 heterocycles. The third-order valence-corrected chi connectivity index (χ3v) is 17.6. The van der Waals surface area contributed by atoms with E-state index in [9.17, 15) is 9.59 Å². The minimum absolute atomic E-state index is 0.00324. The van der Waals surface area contributed by atoms with Crippen LogP contribution in [0, 0.1) is 5.92 Å². The molecule has 2 aromatic rings. The fourth-order valence-corrected chi connectivity index (χ4v) is 6.39. The molecule has 11 nitrogen and oxygen atoms in total. The zero-order valence-corrected chi connectivity index (χ0v) is 27.9. The molecule has 4 atom stereocenters. The molecule has 0 saturated carbocycles. The number of esters is 1. The SMILES string of the molecule is CCOC(=O)C[C@H]1[C@@H](O[Si](C)(C)C(C)(C)C)[C@H](n2ccc(-n3cncn3)nc2=O)O[C@@H]1CO[Si](C)(C)C(C)(C)C. The number of nitrogens with zero attached hydrogens (tertiary/aromatic N) is 5. The average Bonchev–Trinajstić information content (AvgIpc) is 3.46. The molecule has 0 radical (unpaired) electrons. The van der Waals surface area contributed by atoms with Crippen molar-refractivity contribution in [1.82, 2.24) is 24.3 Å². The zero-order chi connectivity index (χ0) is 30.1. The number of hydrogen-bond acceptors (Lipinski definition) is 9. The van der Waals surface area contributed by atoms with Crippen molar-refractivity contribution in [3.05, 3.63) is 35.4 Å². The molecule has 0 aliphatic carbocycles. The second kappa shape index (κ2) is 12.0. The van der Waals surface area contributed by atoms with Crippen LogP contribution in [-0.4, -0.2) is 72.3 Å². The highest BCUT2D eigenvalue weighted by atomic mass is 28.4. The summed E-state index contributed by atoms with van der Waals surface area (Å²) in [5, 5.41) is 3.95. The summed E-state index contributed by atoms with van der Waals surface area (Å²) in [5.41, 5.74) is -0.511. The van der Waals surface area contributed by atoms with Gasteiger partial charge in [-0.15, -0.1) is 0 Å². The Bertz CT molecular complexity index is 1200. The second-order valence-electron chi connectivity index (χ2n) is 13.5. The lowest BCUT2D eigenvalue weighted by molar-refractivity contribution is -0.145. The first-order chi connectivity index (χ1) is 18.4. The lowest BCUT2D eigenvalue weighted by atomic mass is 9.94. The van der Waals surface area contributed by atoms with Crippen molar-refractivity contribution in [2.45, 2.75) is 110 Å². The Morgan fingerprint density at radius 1 is 1.07 bits per heavy atom. The summed E-state index contributed by atoms with van der Waals surface area (Å²) in [4.78, 5) is 34.4. The fraction of sp³-hybridized carbons (Fsp3) is 0.741. The van der Waals surface area contributed by atoms with Gasteiger partial charge in [0.1, 0.15) is 12.7 Å². The van der Waals surface area contributed by atoms with E-state index >= 15 is 0 Å². The van der Waals surface area contributed by atoms with Crippen LogP contribution in [0.25, 0.3) is 5.82 Å². The standard InChI is InChI=1S/C27H47N5O6Si2/c1-12-35-22(33)15-19-20(16-36-39(8,9)26(2,3)4)37-24(23(19)38-40(10,11)27(5,6)7)31-14-13-21(30-25(31)34)32-18-28-17-29-32/h13-14,17-20,23-24H,12,15-16H2,1-11H3/t19-,20-,23-,24-/m1/s1. The van der Waals surface area contributed by atoms with E-state index in [1.165, 1.54) is 21.9 Å². The number of rotatable bonds is 10. The normalized spacial score (nSPS) is 22.5. The summed E-state index contributed by atoms with van der Waals surface area (Å²) < 4.78 is 28.4. The van der Waals surface area contributed by atoms with Crippen molar-refractivity contribution >= 4 is 22.6 Å². The van der Waals surface area contributed by atoms with Gasteiger partial charge in [0.15, 0.2) is 28.7 Å². The third kappa shape index (κ3) is 7.16. The molecule has 1 fully saturated rings. The molecule has 1 aliphatic heterocycles. The molecule has 0 unspecified atom stereocenters. The number of ether oxygens (including phenoxy) is 2. The highest BCUT2D eigenvalue weighted by Gasteiger charge is 2.52. The molecule has 0 aromatic carbocycles. The summed E-state index contributed by atoms with van der Waals surface area (Å²) in [6.45, 7) is 24.0. The van der Waals surface area contributed by atoms with E-state index in [2.05, 4.69) is 82.8 Å². The van der Waals surface area contributed by atoms with Gasteiger partial charge >= 0.3 is 11.7 Å². The van der Waals surface area contributed by atoms with Crippen LogP contribution in [-0.2, 0) is 23.1 Å². The van der Waals surface area contributed by atoms with Gasteiger partial charge < -0.3 is 18.3 Å². The van der Waals surface area contributed by atoms with Crippen LogP contribution in [0.5, 0.6) is 0 Å². The lowest BCUT2D eigenvalue weighted by Crippen LogP contribution is -2.48.